The second kappa shape index (κ2) is 4.07. The molecule has 0 unspecified atom stereocenters. The molecule has 0 aliphatic carbocycles. The molecule has 0 heterocycles. The molecule has 0 radical (unpaired) electrons. The summed E-state index contributed by atoms with van der Waals surface area (Å²) >= 11 is 0. The molecule has 0 saturated heterocycles. The smallest absolute Gasteiger partial charge is 0.126 e. The van der Waals surface area contributed by atoms with E-state index in [0.717, 1.165) is 5.56 Å². The summed E-state index contributed by atoms with van der Waals surface area (Å²) < 4.78 is 13.2. The maximum absolute atomic E-state index is 13.2. The zero-order valence-corrected chi connectivity index (χ0v) is 8.71. The second-order valence-electron chi connectivity index (χ2n) is 3.72. The zero-order chi connectivity index (χ0) is 10.9. The summed E-state index contributed by atoms with van der Waals surface area (Å²) in [6.07, 6.45) is -0.671. The Morgan fingerprint density at radius 2 is 1.86 bits per heavy atom. The highest BCUT2D eigenvalue weighted by molar-refractivity contribution is 5.34. The molecule has 0 aliphatic heterocycles. The largest absolute Gasteiger partial charge is 0.391 e. The van der Waals surface area contributed by atoms with E-state index in [0.29, 0.717) is 11.1 Å². The first-order chi connectivity index (χ1) is 6.43. The van der Waals surface area contributed by atoms with Gasteiger partial charge in [-0.25, -0.2) is 4.39 Å². The average Bonchev–Trinajstić information content (AvgIpc) is 2.10. The van der Waals surface area contributed by atoms with Gasteiger partial charge in [0.05, 0.1) is 12.1 Å². The molecule has 14 heavy (non-hydrogen) atoms. The van der Waals surface area contributed by atoms with Crippen LogP contribution in [-0.4, -0.2) is 11.2 Å². The van der Waals surface area contributed by atoms with Gasteiger partial charge in [0.25, 0.3) is 0 Å². The van der Waals surface area contributed by atoms with E-state index < -0.39 is 12.1 Å². The minimum absolute atomic E-state index is 0.276. The van der Waals surface area contributed by atoms with Crippen LogP contribution >= 0.6 is 0 Å². The molecule has 3 N–H and O–H groups in total. The van der Waals surface area contributed by atoms with Crippen LogP contribution in [0.1, 0.15) is 29.7 Å². The van der Waals surface area contributed by atoms with E-state index in [2.05, 4.69) is 0 Å². The lowest BCUT2D eigenvalue weighted by Gasteiger charge is -2.18. The standard InChI is InChI=1S/C11H16FNO/c1-6-4-7(2)10(12)5-9(6)11(13)8(3)14/h4-5,8,11,14H,13H2,1-3H3/t8-,11+/m0/s1. The average molecular weight is 197 g/mol. The first kappa shape index (κ1) is 11.1. The van der Waals surface area contributed by atoms with Crippen LogP contribution in [-0.2, 0) is 0 Å². The Morgan fingerprint density at radius 1 is 1.29 bits per heavy atom. The third kappa shape index (κ3) is 2.11. The first-order valence-corrected chi connectivity index (χ1v) is 4.63. The normalized spacial score (nSPS) is 15.3. The van der Waals surface area contributed by atoms with E-state index in [1.54, 1.807) is 19.9 Å². The topological polar surface area (TPSA) is 46.2 Å². The van der Waals surface area contributed by atoms with Crippen molar-refractivity contribution in [3.05, 3.63) is 34.6 Å². The third-order valence-corrected chi connectivity index (χ3v) is 2.43. The number of nitrogens with two attached hydrogens (primary N) is 1. The lowest BCUT2D eigenvalue weighted by atomic mass is 9.96. The van der Waals surface area contributed by atoms with Crippen LogP contribution in [0, 0.1) is 19.7 Å². The third-order valence-electron chi connectivity index (χ3n) is 2.43. The van der Waals surface area contributed by atoms with E-state index in [1.807, 2.05) is 6.92 Å². The van der Waals surface area contributed by atoms with Gasteiger partial charge >= 0.3 is 0 Å². The Kier molecular flexibility index (Phi) is 3.24. The number of halogens is 1. The molecule has 1 aromatic rings. The minimum Gasteiger partial charge on any atom is -0.391 e. The van der Waals surface area contributed by atoms with Crippen molar-refractivity contribution in [2.75, 3.05) is 0 Å². The van der Waals surface area contributed by atoms with Gasteiger partial charge in [-0.1, -0.05) is 6.07 Å². The molecule has 78 valence electrons. The van der Waals surface area contributed by atoms with Crippen LogP contribution in [0.3, 0.4) is 0 Å². The van der Waals surface area contributed by atoms with Crippen molar-refractivity contribution < 1.29 is 9.50 Å². The van der Waals surface area contributed by atoms with Crippen LogP contribution < -0.4 is 5.73 Å². The van der Waals surface area contributed by atoms with Crippen LogP contribution in [0.5, 0.6) is 0 Å². The molecule has 1 rings (SSSR count). The Balaban J connectivity index is 3.15. The van der Waals surface area contributed by atoms with Crippen molar-refractivity contribution in [1.82, 2.24) is 0 Å². The SMILES string of the molecule is Cc1cc(C)c([C@H](N)[C@H](C)O)cc1F. The van der Waals surface area contributed by atoms with Gasteiger partial charge in [0.1, 0.15) is 5.82 Å². The summed E-state index contributed by atoms with van der Waals surface area (Å²) in [6.45, 7) is 5.17. The summed E-state index contributed by atoms with van der Waals surface area (Å²) in [5.74, 6) is -0.276. The molecular weight excluding hydrogens is 181 g/mol. The summed E-state index contributed by atoms with van der Waals surface area (Å²) in [4.78, 5) is 0. The van der Waals surface area contributed by atoms with Crippen molar-refractivity contribution in [2.45, 2.75) is 32.9 Å². The van der Waals surface area contributed by atoms with Crippen LogP contribution in [0.2, 0.25) is 0 Å². The minimum atomic E-state index is -0.671. The summed E-state index contributed by atoms with van der Waals surface area (Å²) in [7, 11) is 0. The van der Waals surface area contributed by atoms with E-state index in [9.17, 15) is 9.50 Å². The first-order valence-electron chi connectivity index (χ1n) is 4.63. The molecule has 0 aromatic heterocycles. The van der Waals surface area contributed by atoms with Crippen LogP contribution in [0.4, 0.5) is 4.39 Å². The maximum atomic E-state index is 13.2. The Bertz CT molecular complexity index is 336. The molecule has 2 atom stereocenters. The van der Waals surface area contributed by atoms with E-state index in [4.69, 9.17) is 5.73 Å². The van der Waals surface area contributed by atoms with Gasteiger partial charge < -0.3 is 10.8 Å². The molecule has 0 fully saturated rings. The van der Waals surface area contributed by atoms with Gasteiger partial charge in [0.15, 0.2) is 0 Å². The molecule has 0 aliphatic rings. The fraction of sp³-hybridized carbons (Fsp3) is 0.455. The Labute approximate surface area is 83.6 Å². The van der Waals surface area contributed by atoms with Gasteiger partial charge in [0, 0.05) is 0 Å². The highest BCUT2D eigenvalue weighted by Crippen LogP contribution is 2.21. The number of hydrogen-bond donors (Lipinski definition) is 2. The van der Waals surface area contributed by atoms with Gasteiger partial charge in [-0.3, -0.25) is 0 Å². The fourth-order valence-electron chi connectivity index (χ4n) is 1.46. The molecule has 0 amide bonds. The van der Waals surface area contributed by atoms with Crippen molar-refractivity contribution in [1.29, 1.82) is 0 Å². The molecule has 2 nitrogen and oxygen atoms in total. The highest BCUT2D eigenvalue weighted by Gasteiger charge is 2.15. The predicted octanol–water partition coefficient (Wildman–Crippen LogP) is 1.82. The quantitative estimate of drug-likeness (QED) is 0.759. The van der Waals surface area contributed by atoms with Crippen LogP contribution in [0.15, 0.2) is 12.1 Å². The number of aliphatic hydroxyl groups is 1. The highest BCUT2D eigenvalue weighted by atomic mass is 19.1. The van der Waals surface area contributed by atoms with Gasteiger partial charge in [-0.05, 0) is 43.5 Å². The van der Waals surface area contributed by atoms with E-state index in [-0.39, 0.29) is 5.82 Å². The molecular formula is C11H16FNO. The summed E-state index contributed by atoms with van der Waals surface area (Å²) in [5.41, 5.74) is 7.93. The maximum Gasteiger partial charge on any atom is 0.126 e. The van der Waals surface area contributed by atoms with Crippen molar-refractivity contribution >= 4 is 0 Å². The monoisotopic (exact) mass is 197 g/mol. The van der Waals surface area contributed by atoms with Gasteiger partial charge in [-0.15, -0.1) is 0 Å². The lowest BCUT2D eigenvalue weighted by molar-refractivity contribution is 0.164. The Morgan fingerprint density at radius 3 is 2.36 bits per heavy atom. The fourth-order valence-corrected chi connectivity index (χ4v) is 1.46. The number of rotatable bonds is 2. The lowest BCUT2D eigenvalue weighted by Crippen LogP contribution is -2.24. The number of benzene rings is 1. The molecule has 1 aromatic carbocycles. The van der Waals surface area contributed by atoms with Gasteiger partial charge in [-0.2, -0.15) is 0 Å². The van der Waals surface area contributed by atoms with Gasteiger partial charge in [0.2, 0.25) is 0 Å². The van der Waals surface area contributed by atoms with E-state index >= 15 is 0 Å². The predicted molar refractivity (Wildman–Crippen MR) is 54.5 cm³/mol. The number of aryl methyl sites for hydroxylation is 2. The second-order valence-corrected chi connectivity index (χ2v) is 3.72. The van der Waals surface area contributed by atoms with Crippen molar-refractivity contribution in [3.63, 3.8) is 0 Å². The number of aliphatic hydroxyl groups excluding tert-OH is 1. The zero-order valence-electron chi connectivity index (χ0n) is 8.71. The van der Waals surface area contributed by atoms with Crippen molar-refractivity contribution in [2.24, 2.45) is 5.73 Å². The molecule has 0 spiro atoms. The molecule has 0 saturated carbocycles. The summed E-state index contributed by atoms with van der Waals surface area (Å²) in [5, 5.41) is 9.31. The summed E-state index contributed by atoms with van der Waals surface area (Å²) in [6, 6.07) is 2.62. The molecule has 0 bridgehead atoms. The number of hydrogen-bond acceptors (Lipinski definition) is 2. The molecule has 3 heteroatoms. The van der Waals surface area contributed by atoms with Crippen molar-refractivity contribution in [3.8, 4) is 0 Å². The van der Waals surface area contributed by atoms with E-state index in [1.165, 1.54) is 6.07 Å². The Hall–Kier alpha value is -0.930. The van der Waals surface area contributed by atoms with Crippen LogP contribution in [0.25, 0.3) is 0 Å².